The lowest BCUT2D eigenvalue weighted by Crippen LogP contribution is -2.60. The second-order valence-corrected chi connectivity index (χ2v) is 6.96. The predicted molar refractivity (Wildman–Crippen MR) is 93.3 cm³/mol. The Morgan fingerprint density at radius 3 is 2.89 bits per heavy atom. The molecule has 3 heterocycles. The van der Waals surface area contributed by atoms with E-state index in [-0.39, 0.29) is 12.1 Å². The van der Waals surface area contributed by atoms with Crippen molar-refractivity contribution in [1.29, 1.82) is 0 Å². The van der Waals surface area contributed by atoms with Crippen molar-refractivity contribution in [3.63, 3.8) is 0 Å². The number of ether oxygens (including phenoxy) is 1. The molecule has 0 spiro atoms. The molecular formula is C19H20FN3O4. The minimum absolute atomic E-state index is 0.0469. The summed E-state index contributed by atoms with van der Waals surface area (Å²) in [6, 6.07) is 5.83. The molecule has 1 saturated heterocycles. The van der Waals surface area contributed by atoms with Crippen molar-refractivity contribution >= 4 is 11.6 Å². The third kappa shape index (κ3) is 3.20. The number of rotatable bonds is 3. The fraction of sp³-hybridized carbons (Fsp3) is 0.421. The molecule has 8 heteroatoms. The Balaban J connectivity index is 1.69. The molecule has 0 bridgehead atoms. The van der Waals surface area contributed by atoms with Crippen LogP contribution in [0.5, 0.6) is 0 Å². The summed E-state index contributed by atoms with van der Waals surface area (Å²) in [5.41, 5.74) is -0.770. The number of halogens is 1. The molecule has 1 aliphatic heterocycles. The summed E-state index contributed by atoms with van der Waals surface area (Å²) in [6.07, 6.45) is 3.55. The van der Waals surface area contributed by atoms with E-state index in [9.17, 15) is 19.4 Å². The van der Waals surface area contributed by atoms with E-state index in [4.69, 9.17) is 4.74 Å². The summed E-state index contributed by atoms with van der Waals surface area (Å²) in [7, 11) is 0. The van der Waals surface area contributed by atoms with E-state index in [1.807, 2.05) is 0 Å². The molecule has 0 aromatic carbocycles. The lowest BCUT2D eigenvalue weighted by Gasteiger charge is -2.45. The molecule has 2 N–H and O–H groups in total. The normalized spacial score (nSPS) is 30.0. The van der Waals surface area contributed by atoms with Gasteiger partial charge >= 0.3 is 0 Å². The van der Waals surface area contributed by atoms with E-state index >= 15 is 0 Å². The lowest BCUT2D eigenvalue weighted by molar-refractivity contribution is -0.211. The van der Waals surface area contributed by atoms with Gasteiger partial charge < -0.3 is 14.9 Å². The first-order valence-electron chi connectivity index (χ1n) is 8.90. The molecule has 2 fully saturated rings. The molecule has 1 saturated carbocycles. The Morgan fingerprint density at radius 2 is 2.19 bits per heavy atom. The first-order valence-corrected chi connectivity index (χ1v) is 8.90. The highest BCUT2D eigenvalue weighted by Crippen LogP contribution is 2.42. The van der Waals surface area contributed by atoms with Crippen molar-refractivity contribution in [2.45, 2.75) is 49.7 Å². The zero-order chi connectivity index (χ0) is 19.0. The van der Waals surface area contributed by atoms with Crippen LogP contribution >= 0.6 is 0 Å². The molecule has 4 atom stereocenters. The van der Waals surface area contributed by atoms with Crippen molar-refractivity contribution in [2.24, 2.45) is 0 Å². The second-order valence-electron chi connectivity index (χ2n) is 6.96. The van der Waals surface area contributed by atoms with Crippen LogP contribution < -0.4 is 4.90 Å². The van der Waals surface area contributed by atoms with Crippen LogP contribution in [-0.2, 0) is 4.74 Å². The summed E-state index contributed by atoms with van der Waals surface area (Å²) in [4.78, 5) is 22.4. The van der Waals surface area contributed by atoms with Gasteiger partial charge in [0.1, 0.15) is 23.3 Å². The molecule has 2 aliphatic rings. The maximum Gasteiger partial charge on any atom is 0.279 e. The molecule has 4 rings (SSSR count). The number of fused-ring (bicyclic) bond motifs is 1. The van der Waals surface area contributed by atoms with E-state index in [1.165, 1.54) is 17.2 Å². The average molecular weight is 373 g/mol. The maximum absolute atomic E-state index is 13.2. The van der Waals surface area contributed by atoms with Crippen molar-refractivity contribution in [1.82, 2.24) is 9.97 Å². The van der Waals surface area contributed by atoms with E-state index in [0.717, 1.165) is 18.7 Å². The Labute approximate surface area is 155 Å². The van der Waals surface area contributed by atoms with Crippen molar-refractivity contribution in [3.05, 3.63) is 54.4 Å². The number of nitrogens with zero attached hydrogens (tertiary/aromatic N) is 3. The van der Waals surface area contributed by atoms with Gasteiger partial charge in [-0.1, -0.05) is 0 Å². The smallest absolute Gasteiger partial charge is 0.279 e. The zero-order valence-corrected chi connectivity index (χ0v) is 14.5. The zero-order valence-electron chi connectivity index (χ0n) is 14.5. The van der Waals surface area contributed by atoms with E-state index in [0.29, 0.717) is 18.5 Å². The highest BCUT2D eigenvalue weighted by Gasteiger charge is 2.54. The van der Waals surface area contributed by atoms with Crippen LogP contribution in [0.2, 0.25) is 0 Å². The van der Waals surface area contributed by atoms with Crippen molar-refractivity contribution in [2.75, 3.05) is 4.90 Å². The number of aromatic nitrogens is 2. The van der Waals surface area contributed by atoms with E-state index in [2.05, 4.69) is 9.97 Å². The number of anilines is 1. The van der Waals surface area contributed by atoms with Crippen LogP contribution in [0.15, 0.2) is 42.9 Å². The number of aliphatic hydroxyl groups is 2. The minimum Gasteiger partial charge on any atom is -0.390 e. The largest absolute Gasteiger partial charge is 0.390 e. The molecule has 142 valence electrons. The Kier molecular flexibility index (Phi) is 4.63. The van der Waals surface area contributed by atoms with Gasteiger partial charge in [-0.05, 0) is 43.5 Å². The van der Waals surface area contributed by atoms with Crippen molar-refractivity contribution in [3.8, 4) is 0 Å². The second kappa shape index (κ2) is 6.95. The van der Waals surface area contributed by atoms with Crippen LogP contribution in [0.25, 0.3) is 0 Å². The minimum atomic E-state index is -1.28. The standard InChI is InChI=1S/C19H20FN3O4/c20-12-5-6-14(22-10-12)18(25)23(13-3-2-8-21-11-13)17-9-15(24)19(26)7-1-4-16(19)27-17/h2-3,5-6,8,10-11,15-17,24,26H,1,4,7,9H2. The highest BCUT2D eigenvalue weighted by atomic mass is 19.1. The SMILES string of the molecule is O=C(c1ccc(F)cn1)N(c1cccnc1)C1CC(O)C2(O)CCCC2O1. The number of carbonyl (C=O) groups is 1. The quantitative estimate of drug-likeness (QED) is 0.849. The van der Waals surface area contributed by atoms with Gasteiger partial charge in [0.25, 0.3) is 5.91 Å². The molecular weight excluding hydrogens is 353 g/mol. The van der Waals surface area contributed by atoms with E-state index in [1.54, 1.807) is 18.3 Å². The number of hydrogen-bond acceptors (Lipinski definition) is 6. The Morgan fingerprint density at radius 1 is 1.33 bits per heavy atom. The third-order valence-electron chi connectivity index (χ3n) is 5.30. The monoisotopic (exact) mass is 373 g/mol. The van der Waals surface area contributed by atoms with Crippen molar-refractivity contribution < 1.29 is 24.1 Å². The molecule has 2 aromatic rings. The molecule has 7 nitrogen and oxygen atoms in total. The van der Waals surface area contributed by atoms with Gasteiger partial charge in [-0.3, -0.25) is 14.7 Å². The summed E-state index contributed by atoms with van der Waals surface area (Å²) < 4.78 is 19.2. The highest BCUT2D eigenvalue weighted by molar-refractivity contribution is 6.04. The first kappa shape index (κ1) is 18.0. The summed E-state index contributed by atoms with van der Waals surface area (Å²) in [5, 5.41) is 21.2. The predicted octanol–water partition coefficient (Wildman–Crippen LogP) is 1.65. The van der Waals surface area contributed by atoms with Gasteiger partial charge in [-0.25, -0.2) is 9.37 Å². The fourth-order valence-electron chi connectivity index (χ4n) is 3.89. The first-order chi connectivity index (χ1) is 13.0. The van der Waals surface area contributed by atoms with Gasteiger partial charge in [0.05, 0.1) is 30.3 Å². The molecule has 27 heavy (non-hydrogen) atoms. The molecule has 2 aromatic heterocycles. The number of hydrogen-bond donors (Lipinski definition) is 2. The summed E-state index contributed by atoms with van der Waals surface area (Å²) in [5.74, 6) is -1.04. The molecule has 1 amide bonds. The topological polar surface area (TPSA) is 95.8 Å². The number of pyridine rings is 2. The lowest BCUT2D eigenvalue weighted by atomic mass is 9.87. The summed E-state index contributed by atoms with van der Waals surface area (Å²) in [6.45, 7) is 0. The van der Waals surface area contributed by atoms with Gasteiger partial charge in [0.15, 0.2) is 0 Å². The van der Waals surface area contributed by atoms with Gasteiger partial charge in [0, 0.05) is 12.6 Å². The van der Waals surface area contributed by atoms with Crippen LogP contribution in [0.3, 0.4) is 0 Å². The molecule has 0 radical (unpaired) electrons. The Bertz CT molecular complexity index is 819. The third-order valence-corrected chi connectivity index (χ3v) is 5.30. The van der Waals surface area contributed by atoms with Gasteiger partial charge in [-0.15, -0.1) is 0 Å². The number of amides is 1. The van der Waals surface area contributed by atoms with Crippen LogP contribution in [0.1, 0.15) is 36.2 Å². The molecule has 4 unspecified atom stereocenters. The van der Waals surface area contributed by atoms with Crippen LogP contribution in [-0.4, -0.2) is 50.1 Å². The number of carbonyl (C=O) groups excluding carboxylic acids is 1. The van der Waals surface area contributed by atoms with Crippen LogP contribution in [0.4, 0.5) is 10.1 Å². The maximum atomic E-state index is 13.2. The fourth-order valence-corrected chi connectivity index (χ4v) is 3.89. The van der Waals surface area contributed by atoms with Gasteiger partial charge in [0.2, 0.25) is 0 Å². The average Bonchev–Trinajstić information content (AvgIpc) is 3.06. The van der Waals surface area contributed by atoms with Gasteiger partial charge in [-0.2, -0.15) is 0 Å². The molecule has 1 aliphatic carbocycles. The number of aliphatic hydroxyl groups excluding tert-OH is 1. The Hall–Kier alpha value is -2.42. The van der Waals surface area contributed by atoms with E-state index < -0.39 is 35.8 Å². The van der Waals surface area contributed by atoms with Crippen LogP contribution in [0, 0.1) is 5.82 Å². The summed E-state index contributed by atoms with van der Waals surface area (Å²) >= 11 is 0.